The monoisotopic (exact) mass is 328 g/mol. The van der Waals surface area contributed by atoms with Crippen LogP contribution < -0.4 is 5.73 Å². The minimum absolute atomic E-state index is 0. The van der Waals surface area contributed by atoms with Gasteiger partial charge in [-0.2, -0.15) is 4.98 Å². The maximum Gasteiger partial charge on any atom is 0.241 e. The van der Waals surface area contributed by atoms with Gasteiger partial charge < -0.3 is 10.3 Å². The van der Waals surface area contributed by atoms with E-state index in [-0.39, 0.29) is 12.4 Å². The number of rotatable bonds is 4. The molecule has 5 nitrogen and oxygen atoms in total. The zero-order valence-electron chi connectivity index (χ0n) is 11.5. The molecule has 2 aromatic rings. The first-order valence-corrected chi connectivity index (χ1v) is 7.16. The van der Waals surface area contributed by atoms with E-state index in [0.29, 0.717) is 35.9 Å². The van der Waals surface area contributed by atoms with Gasteiger partial charge in [0.05, 0.1) is 6.54 Å². The molecule has 1 aliphatic rings. The molecule has 1 aliphatic heterocycles. The molecule has 0 amide bonds. The van der Waals surface area contributed by atoms with Gasteiger partial charge >= 0.3 is 0 Å². The predicted octanol–water partition coefficient (Wildman–Crippen LogP) is 2.73. The average molecular weight is 329 g/mol. The lowest BCUT2D eigenvalue weighted by molar-refractivity contribution is 0.214. The van der Waals surface area contributed by atoms with E-state index in [9.17, 15) is 0 Å². The van der Waals surface area contributed by atoms with E-state index in [2.05, 4.69) is 15.0 Å². The molecule has 1 atom stereocenters. The van der Waals surface area contributed by atoms with Crippen LogP contribution in [-0.2, 0) is 6.54 Å². The minimum atomic E-state index is 0. The molecule has 21 heavy (non-hydrogen) atoms. The number of nitrogens with two attached hydrogens (primary N) is 1. The highest BCUT2D eigenvalue weighted by atomic mass is 35.5. The summed E-state index contributed by atoms with van der Waals surface area (Å²) < 4.78 is 5.33. The van der Waals surface area contributed by atoms with Crippen molar-refractivity contribution in [1.82, 2.24) is 15.0 Å². The van der Waals surface area contributed by atoms with Crippen LogP contribution >= 0.6 is 24.0 Å². The van der Waals surface area contributed by atoms with E-state index < -0.39 is 0 Å². The number of nitrogens with zero attached hydrogens (tertiary/aromatic N) is 3. The number of likely N-dealkylation sites (tertiary alicyclic amines) is 1. The number of halogens is 2. The quantitative estimate of drug-likeness (QED) is 0.934. The second-order valence-electron chi connectivity index (χ2n) is 5.02. The highest BCUT2D eigenvalue weighted by Crippen LogP contribution is 2.22. The smallest absolute Gasteiger partial charge is 0.241 e. The first-order chi connectivity index (χ1) is 9.76. The number of hydrogen-bond donors (Lipinski definition) is 1. The lowest BCUT2D eigenvalue weighted by atomic mass is 10.2. The third-order valence-electron chi connectivity index (χ3n) is 3.66. The van der Waals surface area contributed by atoms with Crippen molar-refractivity contribution >= 4 is 24.0 Å². The molecule has 1 aromatic carbocycles. The van der Waals surface area contributed by atoms with Crippen LogP contribution in [0.1, 0.15) is 18.7 Å². The van der Waals surface area contributed by atoms with Crippen molar-refractivity contribution in [3.8, 4) is 11.4 Å². The molecule has 2 N–H and O–H groups in total. The molecular weight excluding hydrogens is 311 g/mol. The van der Waals surface area contributed by atoms with E-state index in [4.69, 9.17) is 21.9 Å². The Hall–Kier alpha value is -1.14. The van der Waals surface area contributed by atoms with Gasteiger partial charge in [0.15, 0.2) is 0 Å². The van der Waals surface area contributed by atoms with Crippen LogP contribution in [0.15, 0.2) is 28.8 Å². The van der Waals surface area contributed by atoms with Gasteiger partial charge in [0.1, 0.15) is 0 Å². The summed E-state index contributed by atoms with van der Waals surface area (Å²) in [5.41, 5.74) is 6.63. The van der Waals surface area contributed by atoms with Crippen molar-refractivity contribution in [2.45, 2.75) is 25.4 Å². The van der Waals surface area contributed by atoms with Crippen LogP contribution in [0.3, 0.4) is 0 Å². The molecule has 1 unspecified atom stereocenters. The zero-order chi connectivity index (χ0) is 13.9. The van der Waals surface area contributed by atoms with E-state index in [1.807, 2.05) is 24.3 Å². The third-order valence-corrected chi connectivity index (χ3v) is 3.90. The highest BCUT2D eigenvalue weighted by molar-refractivity contribution is 6.30. The normalized spacial score (nSPS) is 18.7. The summed E-state index contributed by atoms with van der Waals surface area (Å²) in [4.78, 5) is 6.74. The molecule has 114 valence electrons. The molecular formula is C14H18Cl2N4O. The van der Waals surface area contributed by atoms with E-state index >= 15 is 0 Å². The predicted molar refractivity (Wildman–Crippen MR) is 84.5 cm³/mol. The summed E-state index contributed by atoms with van der Waals surface area (Å²) in [6, 6.07) is 7.87. The molecule has 0 aliphatic carbocycles. The summed E-state index contributed by atoms with van der Waals surface area (Å²) in [5, 5.41) is 4.68. The maximum atomic E-state index is 5.97. The van der Waals surface area contributed by atoms with Crippen LogP contribution in [0.4, 0.5) is 0 Å². The van der Waals surface area contributed by atoms with Crippen molar-refractivity contribution in [3.63, 3.8) is 0 Å². The van der Waals surface area contributed by atoms with Gasteiger partial charge in [0.25, 0.3) is 0 Å². The first-order valence-electron chi connectivity index (χ1n) is 6.79. The fourth-order valence-electron chi connectivity index (χ4n) is 2.61. The molecule has 0 radical (unpaired) electrons. The molecule has 0 saturated carbocycles. The van der Waals surface area contributed by atoms with Crippen LogP contribution in [0, 0.1) is 0 Å². The largest absolute Gasteiger partial charge is 0.338 e. The Morgan fingerprint density at radius 2 is 2.29 bits per heavy atom. The van der Waals surface area contributed by atoms with Crippen LogP contribution in [0.5, 0.6) is 0 Å². The Morgan fingerprint density at radius 3 is 3.05 bits per heavy atom. The lowest BCUT2D eigenvalue weighted by Crippen LogP contribution is -2.34. The number of hydrogen-bond acceptors (Lipinski definition) is 5. The highest BCUT2D eigenvalue weighted by Gasteiger charge is 2.25. The molecule has 3 rings (SSSR count). The van der Waals surface area contributed by atoms with Crippen molar-refractivity contribution < 1.29 is 4.52 Å². The second kappa shape index (κ2) is 7.22. The second-order valence-corrected chi connectivity index (χ2v) is 5.46. The zero-order valence-corrected chi connectivity index (χ0v) is 13.1. The molecule has 0 spiro atoms. The summed E-state index contributed by atoms with van der Waals surface area (Å²) in [7, 11) is 0. The summed E-state index contributed by atoms with van der Waals surface area (Å²) >= 11 is 5.97. The standard InChI is InChI=1S/C14H17ClN4O.ClH/c15-11-4-1-3-10(7-11)14-17-13(20-18-14)9-19-6-2-5-12(19)8-16;/h1,3-4,7,12H,2,5-6,8-9,16H2;1H. The van der Waals surface area contributed by atoms with Gasteiger partial charge in [0.2, 0.25) is 11.7 Å². The lowest BCUT2D eigenvalue weighted by Gasteiger charge is -2.20. The summed E-state index contributed by atoms with van der Waals surface area (Å²) in [6.45, 7) is 2.38. The Balaban J connectivity index is 0.00000161. The van der Waals surface area contributed by atoms with E-state index in [0.717, 1.165) is 18.5 Å². The molecule has 1 saturated heterocycles. The van der Waals surface area contributed by atoms with Gasteiger partial charge in [-0.15, -0.1) is 12.4 Å². The average Bonchev–Trinajstić information content (AvgIpc) is 3.08. The Morgan fingerprint density at radius 1 is 1.43 bits per heavy atom. The fraction of sp³-hybridized carbons (Fsp3) is 0.429. The van der Waals surface area contributed by atoms with E-state index in [1.54, 1.807) is 0 Å². The van der Waals surface area contributed by atoms with Gasteiger partial charge in [-0.05, 0) is 31.5 Å². The number of benzene rings is 1. The first kappa shape index (κ1) is 16.2. The molecule has 0 bridgehead atoms. The SMILES string of the molecule is Cl.NCC1CCCN1Cc1nc(-c2cccc(Cl)c2)no1. The Labute approximate surface area is 134 Å². The molecule has 2 heterocycles. The fourth-order valence-corrected chi connectivity index (χ4v) is 2.80. The topological polar surface area (TPSA) is 68.2 Å². The Kier molecular flexibility index (Phi) is 5.58. The van der Waals surface area contributed by atoms with Crippen molar-refractivity contribution in [3.05, 3.63) is 35.2 Å². The Bertz CT molecular complexity index is 590. The van der Waals surface area contributed by atoms with Crippen LogP contribution in [-0.4, -0.2) is 34.2 Å². The van der Waals surface area contributed by atoms with Crippen LogP contribution in [0.25, 0.3) is 11.4 Å². The van der Waals surface area contributed by atoms with E-state index in [1.165, 1.54) is 6.42 Å². The molecule has 1 fully saturated rings. The van der Waals surface area contributed by atoms with Gasteiger partial charge in [-0.3, -0.25) is 4.90 Å². The third kappa shape index (κ3) is 3.74. The van der Waals surface area contributed by atoms with Crippen molar-refractivity contribution in [1.29, 1.82) is 0 Å². The van der Waals surface area contributed by atoms with Gasteiger partial charge in [-0.25, -0.2) is 0 Å². The van der Waals surface area contributed by atoms with Gasteiger partial charge in [-0.1, -0.05) is 28.9 Å². The summed E-state index contributed by atoms with van der Waals surface area (Å²) in [5.74, 6) is 1.20. The van der Waals surface area contributed by atoms with Gasteiger partial charge in [0, 0.05) is 23.2 Å². The molecule has 1 aromatic heterocycles. The van der Waals surface area contributed by atoms with Crippen molar-refractivity contribution in [2.75, 3.05) is 13.1 Å². The summed E-state index contributed by atoms with van der Waals surface area (Å²) in [6.07, 6.45) is 2.32. The maximum absolute atomic E-state index is 5.97. The van der Waals surface area contributed by atoms with Crippen molar-refractivity contribution in [2.24, 2.45) is 5.73 Å². The minimum Gasteiger partial charge on any atom is -0.338 e. The number of aromatic nitrogens is 2. The van der Waals surface area contributed by atoms with Crippen LogP contribution in [0.2, 0.25) is 5.02 Å². The molecule has 7 heteroatoms.